The molecular weight excluding hydrogens is 256 g/mol. The Morgan fingerprint density at radius 3 is 3.00 bits per heavy atom. The van der Waals surface area contributed by atoms with Crippen LogP contribution in [0.15, 0.2) is 24.4 Å². The number of aromatic nitrogens is 2. The van der Waals surface area contributed by atoms with Gasteiger partial charge in [-0.1, -0.05) is 0 Å². The molecule has 1 aliphatic rings. The third-order valence-corrected chi connectivity index (χ3v) is 2.64. The highest BCUT2D eigenvalue weighted by atomic mass is 35.5. The molecule has 3 rings (SSSR count). The van der Waals surface area contributed by atoms with Crippen molar-refractivity contribution in [3.05, 3.63) is 35.2 Å². The molecule has 0 unspecified atom stereocenters. The Morgan fingerprint density at radius 1 is 1.28 bits per heavy atom. The van der Waals surface area contributed by atoms with E-state index in [2.05, 4.69) is 9.97 Å². The number of fused-ring (bicyclic) bond motifs is 1. The number of benzene rings is 1. The van der Waals surface area contributed by atoms with Crippen LogP contribution in [0.25, 0.3) is 0 Å². The van der Waals surface area contributed by atoms with Crippen molar-refractivity contribution in [2.24, 2.45) is 0 Å². The highest BCUT2D eigenvalue weighted by molar-refractivity contribution is 6.28. The zero-order valence-corrected chi connectivity index (χ0v) is 10.3. The van der Waals surface area contributed by atoms with E-state index in [0.29, 0.717) is 23.1 Å². The maximum absolute atomic E-state index is 5.73. The van der Waals surface area contributed by atoms with Crippen LogP contribution in [-0.4, -0.2) is 16.8 Å². The lowest BCUT2D eigenvalue weighted by molar-refractivity contribution is 0.174. The average Bonchev–Trinajstić information content (AvgIpc) is 2.81. The van der Waals surface area contributed by atoms with E-state index in [1.54, 1.807) is 24.4 Å². The first-order valence-corrected chi connectivity index (χ1v) is 5.67. The normalized spacial score (nSPS) is 12.6. The van der Waals surface area contributed by atoms with Crippen molar-refractivity contribution in [2.45, 2.75) is 6.92 Å². The molecule has 18 heavy (non-hydrogen) atoms. The highest BCUT2D eigenvalue weighted by Gasteiger charge is 2.14. The fourth-order valence-corrected chi connectivity index (χ4v) is 1.69. The standard InChI is InChI=1S/C12H9ClN2O3/c1-7-5-14-12(13)15-11(7)18-8-2-3-9-10(4-8)17-6-16-9/h2-5H,6H2,1H3. The van der Waals surface area contributed by atoms with Crippen LogP contribution in [0.2, 0.25) is 5.28 Å². The first-order valence-electron chi connectivity index (χ1n) is 5.29. The second-order valence-corrected chi connectivity index (χ2v) is 4.08. The first kappa shape index (κ1) is 11.1. The summed E-state index contributed by atoms with van der Waals surface area (Å²) in [5.74, 6) is 2.40. The molecule has 0 aliphatic carbocycles. The van der Waals surface area contributed by atoms with Crippen LogP contribution < -0.4 is 14.2 Å². The maximum atomic E-state index is 5.73. The fraction of sp³-hybridized carbons (Fsp3) is 0.167. The number of aryl methyl sites for hydroxylation is 1. The molecule has 0 atom stereocenters. The highest BCUT2D eigenvalue weighted by Crippen LogP contribution is 2.36. The predicted octanol–water partition coefficient (Wildman–Crippen LogP) is 2.96. The molecule has 0 saturated heterocycles. The minimum absolute atomic E-state index is 0.149. The van der Waals surface area contributed by atoms with Crippen molar-refractivity contribution < 1.29 is 14.2 Å². The molecule has 0 bridgehead atoms. The van der Waals surface area contributed by atoms with Crippen molar-refractivity contribution in [1.29, 1.82) is 0 Å². The summed E-state index contributed by atoms with van der Waals surface area (Å²) in [5, 5.41) is 0.149. The van der Waals surface area contributed by atoms with E-state index >= 15 is 0 Å². The van der Waals surface area contributed by atoms with Gasteiger partial charge in [0.15, 0.2) is 11.5 Å². The van der Waals surface area contributed by atoms with E-state index in [4.69, 9.17) is 25.8 Å². The molecule has 0 amide bonds. The van der Waals surface area contributed by atoms with Crippen LogP contribution in [0.3, 0.4) is 0 Å². The summed E-state index contributed by atoms with van der Waals surface area (Å²) in [4.78, 5) is 7.89. The lowest BCUT2D eigenvalue weighted by Gasteiger charge is -2.07. The van der Waals surface area contributed by atoms with Crippen LogP contribution in [0, 0.1) is 6.92 Å². The quantitative estimate of drug-likeness (QED) is 0.781. The Balaban J connectivity index is 1.90. The second-order valence-electron chi connectivity index (χ2n) is 3.74. The maximum Gasteiger partial charge on any atom is 0.231 e. The number of ether oxygens (including phenoxy) is 3. The number of hydrogen-bond donors (Lipinski definition) is 0. The number of halogens is 1. The SMILES string of the molecule is Cc1cnc(Cl)nc1Oc1ccc2c(c1)OCO2. The lowest BCUT2D eigenvalue weighted by Crippen LogP contribution is -1.94. The van der Waals surface area contributed by atoms with Crippen molar-refractivity contribution in [2.75, 3.05) is 6.79 Å². The van der Waals surface area contributed by atoms with E-state index in [1.165, 1.54) is 0 Å². The van der Waals surface area contributed by atoms with Gasteiger partial charge in [-0.25, -0.2) is 4.98 Å². The molecule has 0 radical (unpaired) electrons. The van der Waals surface area contributed by atoms with E-state index in [0.717, 1.165) is 5.56 Å². The Bertz CT molecular complexity index is 604. The number of hydrogen-bond acceptors (Lipinski definition) is 5. The van der Waals surface area contributed by atoms with Crippen LogP contribution in [0.5, 0.6) is 23.1 Å². The van der Waals surface area contributed by atoms with Crippen molar-refractivity contribution >= 4 is 11.6 Å². The summed E-state index contributed by atoms with van der Waals surface area (Å²) < 4.78 is 16.1. The summed E-state index contributed by atoms with van der Waals surface area (Å²) in [6, 6.07) is 5.32. The molecular formula is C12H9ClN2O3. The Morgan fingerprint density at radius 2 is 2.11 bits per heavy atom. The van der Waals surface area contributed by atoms with Gasteiger partial charge in [0.05, 0.1) is 0 Å². The van der Waals surface area contributed by atoms with Gasteiger partial charge in [-0.2, -0.15) is 4.98 Å². The summed E-state index contributed by atoms with van der Waals surface area (Å²) in [7, 11) is 0. The molecule has 0 N–H and O–H groups in total. The molecule has 1 aliphatic heterocycles. The van der Waals surface area contributed by atoms with Gasteiger partial charge in [0.25, 0.3) is 0 Å². The Kier molecular flexibility index (Phi) is 2.68. The Labute approximate surface area is 108 Å². The van der Waals surface area contributed by atoms with E-state index in [1.807, 2.05) is 6.92 Å². The molecule has 0 fully saturated rings. The van der Waals surface area contributed by atoms with Gasteiger partial charge in [-0.3, -0.25) is 0 Å². The van der Waals surface area contributed by atoms with Crippen molar-refractivity contribution in [1.82, 2.24) is 9.97 Å². The number of nitrogens with zero attached hydrogens (tertiary/aromatic N) is 2. The minimum atomic E-state index is 0.149. The molecule has 2 heterocycles. The minimum Gasteiger partial charge on any atom is -0.454 e. The van der Waals surface area contributed by atoms with Crippen LogP contribution >= 0.6 is 11.6 Å². The van der Waals surface area contributed by atoms with Gasteiger partial charge >= 0.3 is 0 Å². The van der Waals surface area contributed by atoms with Gasteiger partial charge in [0, 0.05) is 17.8 Å². The third-order valence-electron chi connectivity index (χ3n) is 2.45. The van der Waals surface area contributed by atoms with Gasteiger partial charge in [-0.05, 0) is 30.7 Å². The topological polar surface area (TPSA) is 53.5 Å². The van der Waals surface area contributed by atoms with E-state index in [9.17, 15) is 0 Å². The Hall–Kier alpha value is -2.01. The molecule has 5 nitrogen and oxygen atoms in total. The van der Waals surface area contributed by atoms with Crippen LogP contribution in [-0.2, 0) is 0 Å². The average molecular weight is 265 g/mol. The number of rotatable bonds is 2. The summed E-state index contributed by atoms with van der Waals surface area (Å²) in [6.45, 7) is 2.08. The third kappa shape index (κ3) is 2.04. The van der Waals surface area contributed by atoms with Gasteiger partial charge in [0.1, 0.15) is 5.75 Å². The summed E-state index contributed by atoms with van der Waals surface area (Å²) in [6.07, 6.45) is 1.61. The zero-order chi connectivity index (χ0) is 12.5. The monoisotopic (exact) mass is 264 g/mol. The van der Waals surface area contributed by atoms with Crippen molar-refractivity contribution in [3.8, 4) is 23.1 Å². The van der Waals surface area contributed by atoms with Crippen LogP contribution in [0.1, 0.15) is 5.56 Å². The molecule has 2 aromatic rings. The van der Waals surface area contributed by atoms with Gasteiger partial charge in [0.2, 0.25) is 18.0 Å². The van der Waals surface area contributed by atoms with Gasteiger partial charge in [-0.15, -0.1) is 0 Å². The fourth-order valence-electron chi connectivity index (χ4n) is 1.56. The van der Waals surface area contributed by atoms with Gasteiger partial charge < -0.3 is 14.2 Å². The summed E-state index contributed by atoms with van der Waals surface area (Å²) >= 11 is 5.73. The molecule has 0 saturated carbocycles. The molecule has 1 aromatic carbocycles. The summed E-state index contributed by atoms with van der Waals surface area (Å²) in [5.41, 5.74) is 0.803. The molecule has 1 aromatic heterocycles. The van der Waals surface area contributed by atoms with E-state index < -0.39 is 0 Å². The molecule has 92 valence electrons. The smallest absolute Gasteiger partial charge is 0.231 e. The molecule has 0 spiro atoms. The van der Waals surface area contributed by atoms with Crippen molar-refractivity contribution in [3.63, 3.8) is 0 Å². The molecule has 6 heteroatoms. The predicted molar refractivity (Wildman–Crippen MR) is 64.4 cm³/mol. The first-order chi connectivity index (χ1) is 8.72. The zero-order valence-electron chi connectivity index (χ0n) is 9.51. The lowest BCUT2D eigenvalue weighted by atomic mass is 10.3. The largest absolute Gasteiger partial charge is 0.454 e. The second kappa shape index (κ2) is 4.34. The van der Waals surface area contributed by atoms with E-state index in [-0.39, 0.29) is 12.1 Å². The van der Waals surface area contributed by atoms with Crippen LogP contribution in [0.4, 0.5) is 0 Å².